The smallest absolute Gasteiger partial charge is 0.313 e. The van der Waals surface area contributed by atoms with Crippen LogP contribution in [0.4, 0.5) is 11.5 Å². The van der Waals surface area contributed by atoms with Gasteiger partial charge in [0.15, 0.2) is 5.75 Å². The van der Waals surface area contributed by atoms with E-state index in [2.05, 4.69) is 10.3 Å². The molecule has 21 heavy (non-hydrogen) atoms. The molecule has 0 saturated heterocycles. The van der Waals surface area contributed by atoms with Crippen LogP contribution in [0.15, 0.2) is 36.5 Å². The van der Waals surface area contributed by atoms with Gasteiger partial charge in [-0.1, -0.05) is 18.2 Å². The van der Waals surface area contributed by atoms with E-state index in [1.54, 1.807) is 31.3 Å². The first kappa shape index (κ1) is 14.8. The first-order valence-electron chi connectivity index (χ1n) is 6.67. The van der Waals surface area contributed by atoms with E-state index in [1.807, 2.05) is 19.1 Å². The second kappa shape index (κ2) is 6.69. The van der Waals surface area contributed by atoms with Crippen molar-refractivity contribution in [2.75, 3.05) is 11.9 Å². The Hall–Kier alpha value is -2.63. The summed E-state index contributed by atoms with van der Waals surface area (Å²) in [6, 6.07) is 8.77. The Morgan fingerprint density at radius 2 is 2.14 bits per heavy atom. The van der Waals surface area contributed by atoms with Gasteiger partial charge < -0.3 is 10.1 Å². The van der Waals surface area contributed by atoms with Crippen molar-refractivity contribution in [2.24, 2.45) is 0 Å². The molecule has 0 bridgehead atoms. The highest BCUT2D eigenvalue weighted by atomic mass is 16.6. The van der Waals surface area contributed by atoms with Crippen LogP contribution >= 0.6 is 0 Å². The van der Waals surface area contributed by atoms with Crippen LogP contribution in [0.3, 0.4) is 0 Å². The van der Waals surface area contributed by atoms with Gasteiger partial charge in [0, 0.05) is 23.9 Å². The largest absolute Gasteiger partial charge is 0.482 e. The van der Waals surface area contributed by atoms with Crippen molar-refractivity contribution in [3.63, 3.8) is 0 Å². The minimum absolute atomic E-state index is 0.00901. The fourth-order valence-corrected chi connectivity index (χ4v) is 1.94. The predicted molar refractivity (Wildman–Crippen MR) is 80.6 cm³/mol. The highest BCUT2D eigenvalue weighted by molar-refractivity contribution is 5.52. The van der Waals surface area contributed by atoms with Crippen LogP contribution in [0.25, 0.3) is 0 Å². The highest BCUT2D eigenvalue weighted by Crippen LogP contribution is 2.30. The lowest BCUT2D eigenvalue weighted by Crippen LogP contribution is -2.02. The second-order valence-corrected chi connectivity index (χ2v) is 4.55. The lowest BCUT2D eigenvalue weighted by molar-refractivity contribution is -0.386. The summed E-state index contributed by atoms with van der Waals surface area (Å²) in [5.74, 6) is 1.07. The Morgan fingerprint density at radius 1 is 1.33 bits per heavy atom. The average Bonchev–Trinajstić information content (AvgIpc) is 2.46. The van der Waals surface area contributed by atoms with Crippen LogP contribution in [0.5, 0.6) is 5.75 Å². The Balaban J connectivity index is 2.09. The molecule has 0 fully saturated rings. The minimum Gasteiger partial charge on any atom is -0.482 e. The van der Waals surface area contributed by atoms with E-state index in [0.29, 0.717) is 5.56 Å². The summed E-state index contributed by atoms with van der Waals surface area (Å²) < 4.78 is 5.56. The number of aryl methyl sites for hydroxylation is 1. The maximum atomic E-state index is 11.1. The molecule has 0 aliphatic heterocycles. The van der Waals surface area contributed by atoms with Crippen molar-refractivity contribution in [3.8, 4) is 5.75 Å². The zero-order valence-electron chi connectivity index (χ0n) is 12.0. The van der Waals surface area contributed by atoms with Gasteiger partial charge in [-0.3, -0.25) is 10.1 Å². The highest BCUT2D eigenvalue weighted by Gasteiger charge is 2.18. The number of nitrogens with one attached hydrogen (secondary N) is 1. The summed E-state index contributed by atoms with van der Waals surface area (Å²) in [7, 11) is 0. The van der Waals surface area contributed by atoms with Gasteiger partial charge >= 0.3 is 5.69 Å². The molecule has 1 heterocycles. The van der Waals surface area contributed by atoms with Gasteiger partial charge in [-0.25, -0.2) is 4.98 Å². The van der Waals surface area contributed by atoms with Gasteiger partial charge in [0.1, 0.15) is 12.4 Å². The van der Waals surface area contributed by atoms with Gasteiger partial charge in [-0.05, 0) is 26.0 Å². The third-order valence-electron chi connectivity index (χ3n) is 2.96. The van der Waals surface area contributed by atoms with Gasteiger partial charge in [0.25, 0.3) is 0 Å². The SMILES string of the molecule is CCNc1ccc(COc2cccc(C)c2[N+](=O)[O-])cn1. The second-order valence-electron chi connectivity index (χ2n) is 4.55. The normalized spacial score (nSPS) is 10.2. The minimum atomic E-state index is -0.419. The maximum absolute atomic E-state index is 11.1. The average molecular weight is 287 g/mol. The maximum Gasteiger partial charge on any atom is 0.313 e. The molecule has 0 atom stereocenters. The quantitative estimate of drug-likeness (QED) is 0.651. The zero-order valence-corrected chi connectivity index (χ0v) is 12.0. The topological polar surface area (TPSA) is 77.3 Å². The number of nitrogens with zero attached hydrogens (tertiary/aromatic N) is 2. The van der Waals surface area contributed by atoms with E-state index in [1.165, 1.54) is 0 Å². The first-order valence-corrected chi connectivity index (χ1v) is 6.67. The Labute approximate surface area is 122 Å². The third kappa shape index (κ3) is 3.68. The molecule has 0 aliphatic rings. The molecule has 0 radical (unpaired) electrons. The summed E-state index contributed by atoms with van der Waals surface area (Å²) in [5, 5.41) is 14.2. The fourth-order valence-electron chi connectivity index (χ4n) is 1.94. The number of pyridine rings is 1. The third-order valence-corrected chi connectivity index (χ3v) is 2.96. The standard InChI is InChI=1S/C15H17N3O3/c1-3-16-14-8-7-12(9-17-14)10-21-13-6-4-5-11(2)15(13)18(19)20/h4-9H,3,10H2,1-2H3,(H,16,17). The van der Waals surface area contributed by atoms with Gasteiger partial charge in [0.2, 0.25) is 0 Å². The number of hydrogen-bond donors (Lipinski definition) is 1. The molecule has 110 valence electrons. The number of ether oxygens (including phenoxy) is 1. The van der Waals surface area contributed by atoms with Crippen molar-refractivity contribution in [1.82, 2.24) is 4.98 Å². The summed E-state index contributed by atoms with van der Waals surface area (Å²) >= 11 is 0. The van der Waals surface area contributed by atoms with E-state index in [9.17, 15) is 10.1 Å². The van der Waals surface area contributed by atoms with Crippen LogP contribution in [0.2, 0.25) is 0 Å². The molecule has 0 aliphatic carbocycles. The van der Waals surface area contributed by atoms with E-state index >= 15 is 0 Å². The number of para-hydroxylation sites is 1. The number of anilines is 1. The van der Waals surface area contributed by atoms with E-state index < -0.39 is 4.92 Å². The van der Waals surface area contributed by atoms with Crippen molar-refractivity contribution >= 4 is 11.5 Å². The summed E-state index contributed by atoms with van der Waals surface area (Å²) in [5.41, 5.74) is 1.44. The molecule has 1 aromatic heterocycles. The van der Waals surface area contributed by atoms with E-state index in [-0.39, 0.29) is 18.0 Å². The molecule has 0 spiro atoms. The van der Waals surface area contributed by atoms with Gasteiger partial charge in [-0.2, -0.15) is 0 Å². The molecule has 1 aromatic carbocycles. The van der Waals surface area contributed by atoms with Crippen LogP contribution in [-0.2, 0) is 6.61 Å². The first-order chi connectivity index (χ1) is 10.1. The molecule has 0 saturated carbocycles. The lowest BCUT2D eigenvalue weighted by atomic mass is 10.2. The number of hydrogen-bond acceptors (Lipinski definition) is 5. The molecule has 2 aromatic rings. The Morgan fingerprint density at radius 3 is 2.76 bits per heavy atom. The predicted octanol–water partition coefficient (Wildman–Crippen LogP) is 3.31. The Kier molecular flexibility index (Phi) is 4.71. The summed E-state index contributed by atoms with van der Waals surface area (Å²) in [6.07, 6.45) is 1.69. The Bertz CT molecular complexity index is 627. The van der Waals surface area contributed by atoms with Crippen molar-refractivity contribution < 1.29 is 9.66 Å². The fraction of sp³-hybridized carbons (Fsp3) is 0.267. The van der Waals surface area contributed by atoms with Crippen LogP contribution in [0, 0.1) is 17.0 Å². The van der Waals surface area contributed by atoms with Crippen molar-refractivity contribution in [3.05, 3.63) is 57.8 Å². The molecule has 2 rings (SSSR count). The molecular formula is C15H17N3O3. The van der Waals surface area contributed by atoms with Crippen LogP contribution < -0.4 is 10.1 Å². The molecule has 0 unspecified atom stereocenters. The van der Waals surface area contributed by atoms with E-state index in [0.717, 1.165) is 17.9 Å². The number of benzene rings is 1. The zero-order chi connectivity index (χ0) is 15.2. The van der Waals surface area contributed by atoms with Gasteiger partial charge in [0.05, 0.1) is 4.92 Å². The molecule has 1 N–H and O–H groups in total. The summed E-state index contributed by atoms with van der Waals surface area (Å²) in [4.78, 5) is 14.9. The van der Waals surface area contributed by atoms with Crippen LogP contribution in [0.1, 0.15) is 18.1 Å². The van der Waals surface area contributed by atoms with Crippen molar-refractivity contribution in [2.45, 2.75) is 20.5 Å². The monoisotopic (exact) mass is 287 g/mol. The molecular weight excluding hydrogens is 270 g/mol. The lowest BCUT2D eigenvalue weighted by Gasteiger charge is -2.08. The molecule has 6 nitrogen and oxygen atoms in total. The molecule has 6 heteroatoms. The van der Waals surface area contributed by atoms with Crippen LogP contribution in [-0.4, -0.2) is 16.5 Å². The number of nitro groups is 1. The number of rotatable bonds is 6. The number of aromatic nitrogens is 1. The van der Waals surface area contributed by atoms with E-state index in [4.69, 9.17) is 4.74 Å². The van der Waals surface area contributed by atoms with Gasteiger partial charge in [-0.15, -0.1) is 0 Å². The molecule has 0 amide bonds. The summed E-state index contributed by atoms with van der Waals surface area (Å²) in [6.45, 7) is 4.73. The number of nitro benzene ring substituents is 1. The van der Waals surface area contributed by atoms with Crippen molar-refractivity contribution in [1.29, 1.82) is 0 Å².